The molecule has 98 valence electrons. The van der Waals surface area contributed by atoms with Gasteiger partial charge < -0.3 is 21.7 Å². The Labute approximate surface area is 104 Å². The van der Waals surface area contributed by atoms with E-state index in [-0.39, 0.29) is 12.8 Å². The zero-order valence-corrected chi connectivity index (χ0v) is 9.80. The summed E-state index contributed by atoms with van der Waals surface area (Å²) < 4.78 is 0. The molecular formula is C12H16N2O4. The van der Waals surface area contributed by atoms with Crippen LogP contribution >= 0.6 is 0 Å². The molecule has 6 heteroatoms. The van der Waals surface area contributed by atoms with E-state index in [0.717, 1.165) is 5.56 Å². The summed E-state index contributed by atoms with van der Waals surface area (Å²) in [5, 5.41) is 17.4. The van der Waals surface area contributed by atoms with Gasteiger partial charge in [0.1, 0.15) is 0 Å². The number of aryl methyl sites for hydroxylation is 1. The minimum absolute atomic E-state index is 0.0107. The van der Waals surface area contributed by atoms with Crippen molar-refractivity contribution in [3.63, 3.8) is 0 Å². The van der Waals surface area contributed by atoms with Crippen LogP contribution in [0.4, 0.5) is 0 Å². The molecule has 0 atom stereocenters. The molecular weight excluding hydrogens is 236 g/mol. The lowest BCUT2D eigenvalue weighted by Gasteiger charge is -2.19. The molecule has 1 rings (SSSR count). The van der Waals surface area contributed by atoms with Crippen LogP contribution in [0.2, 0.25) is 0 Å². The molecule has 18 heavy (non-hydrogen) atoms. The molecule has 0 amide bonds. The van der Waals surface area contributed by atoms with Gasteiger partial charge in [0.2, 0.25) is 0 Å². The maximum Gasteiger partial charge on any atom is 0.338 e. The number of hydrogen-bond acceptors (Lipinski definition) is 4. The van der Waals surface area contributed by atoms with Crippen LogP contribution in [0.1, 0.15) is 17.5 Å². The van der Waals surface area contributed by atoms with Gasteiger partial charge in [0.05, 0.1) is 0 Å². The Balaban J connectivity index is 2.76. The molecule has 0 aliphatic heterocycles. The highest BCUT2D eigenvalue weighted by molar-refractivity contribution is 5.78. The largest absolute Gasteiger partial charge is 0.481 e. The van der Waals surface area contributed by atoms with E-state index in [4.69, 9.17) is 21.7 Å². The second-order valence-corrected chi connectivity index (χ2v) is 4.24. The maximum atomic E-state index is 10.8. The number of aliphatic carboxylic acids is 2. The highest BCUT2D eigenvalue weighted by Gasteiger charge is 2.28. The van der Waals surface area contributed by atoms with Gasteiger partial charge in [-0.05, 0) is 17.5 Å². The molecule has 0 saturated carbocycles. The molecule has 0 saturated heterocycles. The summed E-state index contributed by atoms with van der Waals surface area (Å²) in [6, 6.07) is 6.94. The Hall–Kier alpha value is -1.92. The first kappa shape index (κ1) is 14.1. The summed E-state index contributed by atoms with van der Waals surface area (Å²) in [7, 11) is 0. The summed E-state index contributed by atoms with van der Waals surface area (Å²) in [6.45, 7) is 0. The van der Waals surface area contributed by atoms with Crippen molar-refractivity contribution in [2.75, 3.05) is 0 Å². The Morgan fingerprint density at radius 2 is 1.78 bits per heavy atom. The maximum absolute atomic E-state index is 10.8. The summed E-state index contributed by atoms with van der Waals surface area (Å²) in [5.41, 5.74) is 10.6. The van der Waals surface area contributed by atoms with Crippen LogP contribution in [-0.4, -0.2) is 27.8 Å². The lowest BCUT2D eigenvalue weighted by atomic mass is 9.98. The smallest absolute Gasteiger partial charge is 0.338 e. The number of carboxylic acid groups (broad SMARTS) is 2. The fourth-order valence-corrected chi connectivity index (χ4v) is 1.56. The van der Waals surface area contributed by atoms with Gasteiger partial charge in [-0.15, -0.1) is 0 Å². The van der Waals surface area contributed by atoms with E-state index in [9.17, 15) is 9.59 Å². The summed E-state index contributed by atoms with van der Waals surface area (Å²) >= 11 is 0. The van der Waals surface area contributed by atoms with Gasteiger partial charge in [-0.25, -0.2) is 4.79 Å². The van der Waals surface area contributed by atoms with Gasteiger partial charge in [-0.1, -0.05) is 24.3 Å². The van der Waals surface area contributed by atoms with Crippen molar-refractivity contribution >= 4 is 11.9 Å². The van der Waals surface area contributed by atoms with Gasteiger partial charge in [0, 0.05) is 12.8 Å². The molecule has 0 fully saturated rings. The van der Waals surface area contributed by atoms with Gasteiger partial charge in [0.25, 0.3) is 0 Å². The average molecular weight is 252 g/mol. The van der Waals surface area contributed by atoms with Gasteiger partial charge in [-0.3, -0.25) is 4.79 Å². The van der Waals surface area contributed by atoms with E-state index >= 15 is 0 Å². The van der Waals surface area contributed by atoms with Crippen LogP contribution in [0.3, 0.4) is 0 Å². The van der Waals surface area contributed by atoms with E-state index in [2.05, 4.69) is 0 Å². The quantitative estimate of drug-likeness (QED) is 0.525. The minimum Gasteiger partial charge on any atom is -0.481 e. The highest BCUT2D eigenvalue weighted by Crippen LogP contribution is 2.11. The Bertz CT molecular complexity index is 457. The molecule has 0 bridgehead atoms. The molecule has 0 heterocycles. The monoisotopic (exact) mass is 252 g/mol. The number of rotatable bonds is 6. The van der Waals surface area contributed by atoms with Crippen LogP contribution in [0.5, 0.6) is 0 Å². The third kappa shape index (κ3) is 4.15. The highest BCUT2D eigenvalue weighted by atomic mass is 16.4. The molecule has 0 radical (unpaired) electrons. The summed E-state index contributed by atoms with van der Waals surface area (Å²) in [5.74, 6) is -2.16. The van der Waals surface area contributed by atoms with Crippen molar-refractivity contribution in [3.05, 3.63) is 35.4 Å². The molecule has 0 spiro atoms. The number of carboxylic acids is 2. The number of hydrogen-bond donors (Lipinski definition) is 4. The van der Waals surface area contributed by atoms with Crippen LogP contribution in [0, 0.1) is 0 Å². The second kappa shape index (κ2) is 5.61. The predicted molar refractivity (Wildman–Crippen MR) is 64.8 cm³/mol. The van der Waals surface area contributed by atoms with Crippen molar-refractivity contribution in [3.8, 4) is 0 Å². The number of nitrogens with two attached hydrogens (primary N) is 2. The van der Waals surface area contributed by atoms with E-state index in [1.807, 2.05) is 0 Å². The minimum atomic E-state index is -1.81. The van der Waals surface area contributed by atoms with Gasteiger partial charge in [-0.2, -0.15) is 0 Å². The summed E-state index contributed by atoms with van der Waals surface area (Å²) in [6.07, 6.45) is 0.403. The lowest BCUT2D eigenvalue weighted by Crippen LogP contribution is -2.58. The molecule has 6 nitrogen and oxygen atoms in total. The van der Waals surface area contributed by atoms with E-state index in [1.165, 1.54) is 0 Å². The third-order valence-electron chi connectivity index (χ3n) is 2.51. The molecule has 0 aromatic heterocycles. The first-order valence-electron chi connectivity index (χ1n) is 5.42. The van der Waals surface area contributed by atoms with Crippen molar-refractivity contribution in [2.45, 2.75) is 24.9 Å². The van der Waals surface area contributed by atoms with E-state index in [1.54, 1.807) is 24.3 Å². The van der Waals surface area contributed by atoms with Crippen LogP contribution < -0.4 is 11.5 Å². The molecule has 0 aliphatic rings. The molecule has 1 aromatic carbocycles. The van der Waals surface area contributed by atoms with Crippen molar-refractivity contribution in [1.82, 2.24) is 0 Å². The first-order chi connectivity index (χ1) is 8.31. The lowest BCUT2D eigenvalue weighted by molar-refractivity contribution is -0.143. The normalized spacial score (nSPS) is 11.2. The Morgan fingerprint density at radius 3 is 2.33 bits per heavy atom. The standard InChI is InChI=1S/C12H16N2O4/c13-12(14,11(17)18)7-9-3-1-2-8(6-9)4-5-10(15)16/h1-3,6H,4-5,7,13-14H2,(H,15,16)(H,17,18). The van der Waals surface area contributed by atoms with Gasteiger partial charge >= 0.3 is 11.9 Å². The SMILES string of the molecule is NC(N)(Cc1cccc(CCC(=O)O)c1)C(=O)O. The third-order valence-corrected chi connectivity index (χ3v) is 2.51. The molecule has 1 aromatic rings. The number of benzene rings is 1. The Kier molecular flexibility index (Phi) is 4.41. The van der Waals surface area contributed by atoms with E-state index < -0.39 is 17.6 Å². The fourth-order valence-electron chi connectivity index (χ4n) is 1.56. The average Bonchev–Trinajstić information content (AvgIpc) is 2.26. The zero-order valence-electron chi connectivity index (χ0n) is 9.80. The van der Waals surface area contributed by atoms with Crippen LogP contribution in [0.25, 0.3) is 0 Å². The summed E-state index contributed by atoms with van der Waals surface area (Å²) in [4.78, 5) is 21.3. The van der Waals surface area contributed by atoms with Gasteiger partial charge in [0.15, 0.2) is 5.66 Å². The van der Waals surface area contributed by atoms with Crippen molar-refractivity contribution < 1.29 is 19.8 Å². The molecule has 0 unspecified atom stereocenters. The van der Waals surface area contributed by atoms with Crippen molar-refractivity contribution in [1.29, 1.82) is 0 Å². The first-order valence-corrected chi connectivity index (χ1v) is 5.42. The Morgan fingerprint density at radius 1 is 1.17 bits per heavy atom. The second-order valence-electron chi connectivity index (χ2n) is 4.24. The van der Waals surface area contributed by atoms with Crippen LogP contribution in [0.15, 0.2) is 24.3 Å². The fraction of sp³-hybridized carbons (Fsp3) is 0.333. The number of carbonyl (C=O) groups is 2. The predicted octanol–water partition coefficient (Wildman–Crippen LogP) is -0.0554. The topological polar surface area (TPSA) is 127 Å². The van der Waals surface area contributed by atoms with E-state index in [0.29, 0.717) is 12.0 Å². The molecule has 0 aliphatic carbocycles. The zero-order chi connectivity index (χ0) is 13.8. The molecule has 6 N–H and O–H groups in total. The van der Waals surface area contributed by atoms with Crippen LogP contribution in [-0.2, 0) is 22.4 Å². The van der Waals surface area contributed by atoms with Crippen molar-refractivity contribution in [2.24, 2.45) is 11.5 Å².